The van der Waals surface area contributed by atoms with E-state index in [1.807, 2.05) is 0 Å². The molecule has 5 nitrogen and oxygen atoms in total. The van der Waals surface area contributed by atoms with Crippen LogP contribution in [0.15, 0.2) is 27.6 Å². The molecule has 0 aliphatic rings. The van der Waals surface area contributed by atoms with Crippen LogP contribution in [0.25, 0.3) is 11.4 Å². The van der Waals surface area contributed by atoms with Crippen molar-refractivity contribution in [3.05, 3.63) is 29.1 Å². The topological polar surface area (TPSA) is 73.1 Å². The summed E-state index contributed by atoms with van der Waals surface area (Å²) in [7, 11) is 1.35. The molecule has 0 bridgehead atoms. The van der Waals surface area contributed by atoms with Crippen LogP contribution in [0.4, 0.5) is 0 Å². The quantitative estimate of drug-likeness (QED) is 0.796. The molecule has 1 aromatic heterocycles. The largest absolute Gasteiger partial charge is 0.339 e. The fourth-order valence-corrected chi connectivity index (χ4v) is 2.74. The summed E-state index contributed by atoms with van der Waals surface area (Å²) in [5.41, 5.74) is 0.463. The average molecular weight is 293 g/mol. The molecule has 0 aliphatic carbocycles. The summed E-state index contributed by atoms with van der Waals surface area (Å²) in [6, 6.07) is 4.30. The van der Waals surface area contributed by atoms with Gasteiger partial charge in [-0.2, -0.15) is 4.98 Å². The van der Waals surface area contributed by atoms with Gasteiger partial charge in [0.2, 0.25) is 11.7 Å². The molecule has 0 N–H and O–H groups in total. The molecule has 8 heteroatoms. The van der Waals surface area contributed by atoms with Gasteiger partial charge in [0.05, 0.1) is 5.02 Å². The van der Waals surface area contributed by atoms with Crippen LogP contribution in [-0.4, -0.2) is 18.6 Å². The Bertz CT molecular complexity index is 667. The highest BCUT2D eigenvalue weighted by Crippen LogP contribution is 2.29. The predicted octanol–water partition coefficient (Wildman–Crippen LogP) is 2.63. The first-order chi connectivity index (χ1) is 7.88. The Hall–Kier alpha value is -1.11. The van der Waals surface area contributed by atoms with E-state index in [2.05, 4.69) is 10.1 Å². The van der Waals surface area contributed by atoms with Crippen LogP contribution in [0.1, 0.15) is 5.89 Å². The smallest absolute Gasteiger partial charge is 0.262 e. The van der Waals surface area contributed by atoms with Crippen molar-refractivity contribution in [2.24, 2.45) is 0 Å². The number of aryl methyl sites for hydroxylation is 1. The highest BCUT2D eigenvalue weighted by Gasteiger charge is 2.17. The first-order valence-corrected chi connectivity index (χ1v) is 7.11. The summed E-state index contributed by atoms with van der Waals surface area (Å²) in [5, 5.41) is 3.72. The normalized spacial score (nSPS) is 11.7. The first-order valence-electron chi connectivity index (χ1n) is 4.43. The lowest BCUT2D eigenvalue weighted by molar-refractivity contribution is 0.394. The van der Waals surface area contributed by atoms with E-state index in [9.17, 15) is 8.42 Å². The van der Waals surface area contributed by atoms with E-state index < -0.39 is 9.05 Å². The van der Waals surface area contributed by atoms with Crippen LogP contribution in [0.5, 0.6) is 0 Å². The number of hydrogen-bond donors (Lipinski definition) is 0. The number of nitrogens with zero attached hydrogens (tertiary/aromatic N) is 2. The fraction of sp³-hybridized carbons (Fsp3) is 0.111. The maximum atomic E-state index is 11.3. The van der Waals surface area contributed by atoms with Crippen molar-refractivity contribution in [3.63, 3.8) is 0 Å². The van der Waals surface area contributed by atoms with E-state index in [1.165, 1.54) is 12.1 Å². The van der Waals surface area contributed by atoms with Crippen LogP contribution in [0.3, 0.4) is 0 Å². The Morgan fingerprint density at radius 1 is 1.35 bits per heavy atom. The van der Waals surface area contributed by atoms with E-state index in [4.69, 9.17) is 26.8 Å². The predicted molar refractivity (Wildman–Crippen MR) is 62.5 cm³/mol. The van der Waals surface area contributed by atoms with Crippen molar-refractivity contribution in [1.82, 2.24) is 10.1 Å². The van der Waals surface area contributed by atoms with Gasteiger partial charge < -0.3 is 4.52 Å². The van der Waals surface area contributed by atoms with Gasteiger partial charge in [0.1, 0.15) is 4.90 Å². The Kier molecular flexibility index (Phi) is 3.11. The summed E-state index contributed by atoms with van der Waals surface area (Å²) in [6.07, 6.45) is 0. The summed E-state index contributed by atoms with van der Waals surface area (Å²) >= 11 is 5.75. The first kappa shape index (κ1) is 12.3. The van der Waals surface area contributed by atoms with Crippen LogP contribution in [-0.2, 0) is 9.05 Å². The van der Waals surface area contributed by atoms with Gasteiger partial charge in [-0.15, -0.1) is 0 Å². The SMILES string of the molecule is Cc1nc(-c2ccc(Cl)c(S(=O)(=O)Cl)c2)no1. The number of rotatable bonds is 2. The lowest BCUT2D eigenvalue weighted by Gasteiger charge is -2.01. The minimum Gasteiger partial charge on any atom is -0.339 e. The van der Waals surface area contributed by atoms with E-state index in [0.29, 0.717) is 11.5 Å². The molecule has 0 aliphatic heterocycles. The lowest BCUT2D eigenvalue weighted by atomic mass is 10.2. The Labute approximate surface area is 107 Å². The number of aromatic nitrogens is 2. The molecule has 0 amide bonds. The van der Waals surface area contributed by atoms with Gasteiger partial charge in [-0.1, -0.05) is 16.8 Å². The van der Waals surface area contributed by atoms with E-state index >= 15 is 0 Å². The molecule has 1 heterocycles. The molecule has 90 valence electrons. The molecule has 0 fully saturated rings. The molecule has 0 saturated heterocycles. The molecular weight excluding hydrogens is 287 g/mol. The lowest BCUT2D eigenvalue weighted by Crippen LogP contribution is -1.93. The second-order valence-electron chi connectivity index (χ2n) is 3.22. The van der Waals surface area contributed by atoms with Crippen LogP contribution < -0.4 is 0 Å². The number of benzene rings is 1. The zero-order valence-electron chi connectivity index (χ0n) is 8.52. The summed E-state index contributed by atoms with van der Waals surface area (Å²) < 4.78 is 27.3. The summed E-state index contributed by atoms with van der Waals surface area (Å²) in [6.45, 7) is 1.63. The summed E-state index contributed by atoms with van der Waals surface area (Å²) in [5.74, 6) is 0.658. The minimum absolute atomic E-state index is 0.0453. The van der Waals surface area contributed by atoms with Crippen molar-refractivity contribution < 1.29 is 12.9 Å². The standard InChI is InChI=1S/C9H6Cl2N2O3S/c1-5-12-9(13-16-5)6-2-3-7(10)8(4-6)17(11,14)15/h2-4H,1H3. The van der Waals surface area contributed by atoms with Gasteiger partial charge >= 0.3 is 0 Å². The third-order valence-electron chi connectivity index (χ3n) is 1.98. The van der Waals surface area contributed by atoms with Gasteiger partial charge in [-0.3, -0.25) is 0 Å². The Balaban J connectivity index is 2.59. The minimum atomic E-state index is -3.90. The third-order valence-corrected chi connectivity index (χ3v) is 3.78. The van der Waals surface area contributed by atoms with E-state index in [0.717, 1.165) is 0 Å². The Morgan fingerprint density at radius 2 is 2.06 bits per heavy atom. The molecule has 0 unspecified atom stereocenters. The fourth-order valence-electron chi connectivity index (χ4n) is 1.25. The molecule has 17 heavy (non-hydrogen) atoms. The number of hydrogen-bond acceptors (Lipinski definition) is 5. The van der Waals surface area contributed by atoms with Crippen molar-refractivity contribution in [1.29, 1.82) is 0 Å². The Morgan fingerprint density at radius 3 is 2.59 bits per heavy atom. The summed E-state index contributed by atoms with van der Waals surface area (Å²) in [4.78, 5) is 3.80. The maximum absolute atomic E-state index is 11.3. The van der Waals surface area contributed by atoms with Crippen LogP contribution in [0, 0.1) is 6.92 Å². The molecule has 0 spiro atoms. The molecule has 2 aromatic rings. The van der Waals surface area contributed by atoms with E-state index in [-0.39, 0.29) is 15.7 Å². The van der Waals surface area contributed by atoms with Gasteiger partial charge in [0.25, 0.3) is 9.05 Å². The van der Waals surface area contributed by atoms with Crippen molar-refractivity contribution in [2.75, 3.05) is 0 Å². The highest BCUT2D eigenvalue weighted by atomic mass is 35.7. The molecule has 0 radical (unpaired) electrons. The molecule has 1 aromatic carbocycles. The molecular formula is C9H6Cl2N2O3S. The van der Waals surface area contributed by atoms with Gasteiger partial charge in [-0.05, 0) is 18.2 Å². The van der Waals surface area contributed by atoms with Crippen molar-refractivity contribution in [3.8, 4) is 11.4 Å². The average Bonchev–Trinajstić information content (AvgIpc) is 2.64. The number of halogens is 2. The van der Waals surface area contributed by atoms with E-state index in [1.54, 1.807) is 13.0 Å². The van der Waals surface area contributed by atoms with Crippen LogP contribution in [0.2, 0.25) is 5.02 Å². The second kappa shape index (κ2) is 4.29. The van der Waals surface area contributed by atoms with Crippen molar-refractivity contribution >= 4 is 31.3 Å². The van der Waals surface area contributed by atoms with Gasteiger partial charge in [-0.25, -0.2) is 8.42 Å². The third kappa shape index (κ3) is 2.59. The molecule has 2 rings (SSSR count). The maximum Gasteiger partial charge on any atom is 0.262 e. The molecule has 0 atom stereocenters. The van der Waals surface area contributed by atoms with Gasteiger partial charge in [0, 0.05) is 23.2 Å². The zero-order valence-corrected chi connectivity index (χ0v) is 10.8. The monoisotopic (exact) mass is 292 g/mol. The molecule has 0 saturated carbocycles. The van der Waals surface area contributed by atoms with Crippen molar-refractivity contribution in [2.45, 2.75) is 11.8 Å². The zero-order chi connectivity index (χ0) is 12.6. The van der Waals surface area contributed by atoms with Crippen LogP contribution >= 0.6 is 22.3 Å². The van der Waals surface area contributed by atoms with Gasteiger partial charge in [0.15, 0.2) is 0 Å². The second-order valence-corrected chi connectivity index (χ2v) is 6.16. The highest BCUT2D eigenvalue weighted by molar-refractivity contribution is 8.13.